The second-order valence-electron chi connectivity index (χ2n) is 4.65. The molecule has 8 nitrogen and oxygen atoms in total. The lowest BCUT2D eigenvalue weighted by Gasteiger charge is -2.35. The maximum absolute atomic E-state index is 11.6. The van der Waals surface area contributed by atoms with Crippen LogP contribution in [0.4, 0.5) is 21.9 Å². The number of hydrogen-bond donors (Lipinski definition) is 1. The van der Waals surface area contributed by atoms with Crippen LogP contribution in [0.15, 0.2) is 18.2 Å². The van der Waals surface area contributed by atoms with Crippen LogP contribution in [0.5, 0.6) is 0 Å². The van der Waals surface area contributed by atoms with Crippen molar-refractivity contribution in [2.75, 3.05) is 43.4 Å². The van der Waals surface area contributed by atoms with Gasteiger partial charge < -0.3 is 20.3 Å². The zero-order valence-electron chi connectivity index (χ0n) is 11.8. The van der Waals surface area contributed by atoms with Gasteiger partial charge in [-0.2, -0.15) is 0 Å². The molecule has 0 bridgehead atoms. The molecule has 1 aromatic rings. The van der Waals surface area contributed by atoms with E-state index in [-0.39, 0.29) is 17.5 Å². The van der Waals surface area contributed by atoms with Crippen LogP contribution < -0.4 is 10.6 Å². The highest BCUT2D eigenvalue weighted by molar-refractivity contribution is 5.76. The van der Waals surface area contributed by atoms with E-state index in [1.807, 2.05) is 4.90 Å². The van der Waals surface area contributed by atoms with Crippen LogP contribution in [0, 0.1) is 10.1 Å². The Balaban J connectivity index is 2.11. The molecule has 1 aliphatic heterocycles. The van der Waals surface area contributed by atoms with Gasteiger partial charge in [0, 0.05) is 26.2 Å². The average molecular weight is 294 g/mol. The summed E-state index contributed by atoms with van der Waals surface area (Å²) in [5, 5.41) is 11.2. The maximum Gasteiger partial charge on any atom is 0.409 e. The molecule has 1 aliphatic rings. The van der Waals surface area contributed by atoms with Crippen LogP contribution in [-0.2, 0) is 4.74 Å². The zero-order chi connectivity index (χ0) is 15.4. The summed E-state index contributed by atoms with van der Waals surface area (Å²) in [7, 11) is 0. The fourth-order valence-corrected chi connectivity index (χ4v) is 2.35. The lowest BCUT2D eigenvalue weighted by Crippen LogP contribution is -2.49. The van der Waals surface area contributed by atoms with Gasteiger partial charge in [0.05, 0.1) is 11.5 Å². The summed E-state index contributed by atoms with van der Waals surface area (Å²) < 4.78 is 4.94. The molecule has 1 heterocycles. The number of benzene rings is 1. The van der Waals surface area contributed by atoms with E-state index in [9.17, 15) is 14.9 Å². The molecule has 1 saturated heterocycles. The summed E-state index contributed by atoms with van der Waals surface area (Å²) in [4.78, 5) is 25.8. The molecular formula is C13H18N4O4. The van der Waals surface area contributed by atoms with Crippen LogP contribution in [0.1, 0.15) is 6.92 Å². The van der Waals surface area contributed by atoms with E-state index < -0.39 is 4.92 Å². The van der Waals surface area contributed by atoms with E-state index in [2.05, 4.69) is 0 Å². The van der Waals surface area contributed by atoms with Gasteiger partial charge >= 0.3 is 11.8 Å². The molecule has 1 aromatic carbocycles. The quantitative estimate of drug-likeness (QED) is 0.514. The average Bonchev–Trinajstić information content (AvgIpc) is 2.47. The highest BCUT2D eigenvalue weighted by atomic mass is 16.6. The Hall–Kier alpha value is -2.51. The van der Waals surface area contributed by atoms with E-state index in [0.29, 0.717) is 38.5 Å². The molecule has 1 amide bonds. The van der Waals surface area contributed by atoms with Crippen LogP contribution >= 0.6 is 0 Å². The van der Waals surface area contributed by atoms with E-state index in [4.69, 9.17) is 10.5 Å². The second-order valence-corrected chi connectivity index (χ2v) is 4.65. The number of para-hydroxylation sites is 1. The van der Waals surface area contributed by atoms with Crippen molar-refractivity contribution in [3.63, 3.8) is 0 Å². The summed E-state index contributed by atoms with van der Waals surface area (Å²) in [6.07, 6.45) is -0.348. The highest BCUT2D eigenvalue weighted by Gasteiger charge is 2.27. The molecule has 2 rings (SSSR count). The minimum Gasteiger partial charge on any atom is -0.450 e. The first kappa shape index (κ1) is 14.9. The monoisotopic (exact) mass is 294 g/mol. The Bertz CT molecular complexity index is 541. The van der Waals surface area contributed by atoms with E-state index in [1.165, 1.54) is 6.07 Å². The Morgan fingerprint density at radius 2 is 2.05 bits per heavy atom. The number of rotatable bonds is 3. The van der Waals surface area contributed by atoms with Gasteiger partial charge in [-0.3, -0.25) is 10.1 Å². The number of carbonyl (C=O) groups excluding carboxylic acids is 1. The molecule has 0 saturated carbocycles. The largest absolute Gasteiger partial charge is 0.450 e. The van der Waals surface area contributed by atoms with Crippen molar-refractivity contribution < 1.29 is 14.5 Å². The van der Waals surface area contributed by atoms with E-state index >= 15 is 0 Å². The predicted octanol–water partition coefficient (Wildman–Crippen LogP) is 1.46. The van der Waals surface area contributed by atoms with Crippen LogP contribution in [0.2, 0.25) is 0 Å². The van der Waals surface area contributed by atoms with Crippen molar-refractivity contribution in [2.24, 2.45) is 0 Å². The summed E-state index contributed by atoms with van der Waals surface area (Å²) in [5.74, 6) is 0. The molecule has 0 spiro atoms. The first-order chi connectivity index (χ1) is 10.0. The lowest BCUT2D eigenvalue weighted by atomic mass is 10.2. The van der Waals surface area contributed by atoms with Gasteiger partial charge in [0.15, 0.2) is 0 Å². The molecule has 1 fully saturated rings. The molecule has 21 heavy (non-hydrogen) atoms. The summed E-state index contributed by atoms with van der Waals surface area (Å²) in [6.45, 7) is 4.02. The molecule has 0 aromatic heterocycles. The third kappa shape index (κ3) is 3.15. The number of anilines is 2. The maximum atomic E-state index is 11.6. The van der Waals surface area contributed by atoms with Crippen molar-refractivity contribution in [1.82, 2.24) is 4.90 Å². The standard InChI is InChI=1S/C13H18N4O4/c1-2-21-13(18)16-8-6-15(7-9-16)11-5-3-4-10(14)12(11)17(19)20/h3-5H,2,6-9,14H2,1H3. The molecular weight excluding hydrogens is 276 g/mol. The molecule has 0 atom stereocenters. The third-order valence-corrected chi connectivity index (χ3v) is 3.37. The lowest BCUT2D eigenvalue weighted by molar-refractivity contribution is -0.383. The number of amides is 1. The van der Waals surface area contributed by atoms with Crippen molar-refractivity contribution >= 4 is 23.2 Å². The van der Waals surface area contributed by atoms with Gasteiger partial charge in [-0.25, -0.2) is 4.79 Å². The van der Waals surface area contributed by atoms with Crippen LogP contribution in [0.3, 0.4) is 0 Å². The molecule has 0 radical (unpaired) electrons. The molecule has 2 N–H and O–H groups in total. The van der Waals surface area contributed by atoms with Crippen molar-refractivity contribution in [3.8, 4) is 0 Å². The van der Waals surface area contributed by atoms with Crippen molar-refractivity contribution in [1.29, 1.82) is 0 Å². The molecule has 0 aliphatic carbocycles. The number of nitrogen functional groups attached to an aromatic ring is 1. The molecule has 8 heteroatoms. The first-order valence-corrected chi connectivity index (χ1v) is 6.74. The van der Waals surface area contributed by atoms with E-state index in [0.717, 1.165) is 0 Å². The number of hydrogen-bond acceptors (Lipinski definition) is 6. The van der Waals surface area contributed by atoms with Gasteiger partial charge in [0.1, 0.15) is 11.4 Å². The number of nitro groups is 1. The number of piperazine rings is 1. The number of nitro benzene ring substituents is 1. The fraction of sp³-hybridized carbons (Fsp3) is 0.462. The Morgan fingerprint density at radius 3 is 2.62 bits per heavy atom. The van der Waals surface area contributed by atoms with Gasteiger partial charge in [0.2, 0.25) is 0 Å². The van der Waals surface area contributed by atoms with Crippen LogP contribution in [-0.4, -0.2) is 48.7 Å². The Kier molecular flexibility index (Phi) is 4.46. The minimum atomic E-state index is -0.470. The van der Waals surface area contributed by atoms with Crippen molar-refractivity contribution in [2.45, 2.75) is 6.92 Å². The van der Waals surface area contributed by atoms with E-state index in [1.54, 1.807) is 24.0 Å². The molecule has 114 valence electrons. The summed E-state index contributed by atoms with van der Waals surface area (Å²) in [6, 6.07) is 4.88. The molecule has 0 unspecified atom stereocenters. The van der Waals surface area contributed by atoms with Crippen molar-refractivity contribution in [3.05, 3.63) is 28.3 Å². The smallest absolute Gasteiger partial charge is 0.409 e. The van der Waals surface area contributed by atoms with Gasteiger partial charge in [-0.15, -0.1) is 0 Å². The first-order valence-electron chi connectivity index (χ1n) is 6.74. The second kappa shape index (κ2) is 6.29. The highest BCUT2D eigenvalue weighted by Crippen LogP contribution is 2.33. The number of carbonyl (C=O) groups is 1. The Labute approximate surface area is 122 Å². The van der Waals surface area contributed by atoms with Gasteiger partial charge in [-0.05, 0) is 19.1 Å². The Morgan fingerprint density at radius 1 is 1.38 bits per heavy atom. The van der Waals surface area contributed by atoms with Gasteiger partial charge in [0.25, 0.3) is 0 Å². The number of nitrogens with two attached hydrogens (primary N) is 1. The summed E-state index contributed by atoms with van der Waals surface area (Å²) in [5.41, 5.74) is 6.24. The summed E-state index contributed by atoms with van der Waals surface area (Å²) >= 11 is 0. The normalized spacial score (nSPS) is 14.9. The van der Waals surface area contributed by atoms with Gasteiger partial charge in [-0.1, -0.05) is 6.07 Å². The fourth-order valence-electron chi connectivity index (χ4n) is 2.35. The predicted molar refractivity (Wildman–Crippen MR) is 78.3 cm³/mol. The zero-order valence-corrected chi connectivity index (χ0v) is 11.8. The third-order valence-electron chi connectivity index (χ3n) is 3.37. The SMILES string of the molecule is CCOC(=O)N1CCN(c2cccc(N)c2[N+](=O)[O-])CC1. The number of ether oxygens (including phenoxy) is 1. The topological polar surface area (TPSA) is 102 Å². The minimum absolute atomic E-state index is 0.0814. The number of nitrogens with zero attached hydrogens (tertiary/aromatic N) is 3. The van der Waals surface area contributed by atoms with Crippen LogP contribution in [0.25, 0.3) is 0 Å².